The quantitative estimate of drug-likeness (QED) is 0.644. The number of benzene rings is 2. The highest BCUT2D eigenvalue weighted by atomic mass is 32.1. The van der Waals surface area contributed by atoms with Gasteiger partial charge in [-0.15, -0.1) is 0 Å². The van der Waals surface area contributed by atoms with Crippen LogP contribution < -0.4 is 9.64 Å². The number of anilines is 1. The van der Waals surface area contributed by atoms with E-state index in [1.807, 2.05) is 0 Å². The highest BCUT2D eigenvalue weighted by molar-refractivity contribution is 7.80. The van der Waals surface area contributed by atoms with Gasteiger partial charge in [-0.3, -0.25) is 4.79 Å². The number of carboxylic acids is 1. The highest BCUT2D eigenvalue weighted by Gasteiger charge is 2.33. The summed E-state index contributed by atoms with van der Waals surface area (Å²) >= 11 is 5.35. The maximum Gasteiger partial charge on any atom is 0.336 e. The summed E-state index contributed by atoms with van der Waals surface area (Å²) in [6.45, 7) is 0.0586. The van der Waals surface area contributed by atoms with Crippen LogP contribution in [0.15, 0.2) is 53.6 Å². The van der Waals surface area contributed by atoms with Crippen molar-refractivity contribution in [2.24, 2.45) is 5.10 Å². The van der Waals surface area contributed by atoms with Gasteiger partial charge in [0.05, 0.1) is 18.9 Å². The van der Waals surface area contributed by atoms with Gasteiger partial charge in [-0.1, -0.05) is 18.2 Å². The Hall–Kier alpha value is -3.26. The lowest BCUT2D eigenvalue weighted by molar-refractivity contribution is -0.124. The molecule has 0 unspecified atom stereocenters. The number of hydrogen-bond acceptors (Lipinski definition) is 5. The number of carboxylic acid groups (broad SMARTS) is 1. The molecule has 8 heteroatoms. The van der Waals surface area contributed by atoms with Crippen LogP contribution in [0.4, 0.5) is 5.69 Å². The van der Waals surface area contributed by atoms with E-state index in [0.717, 1.165) is 10.7 Å². The van der Waals surface area contributed by atoms with Crippen LogP contribution >= 0.6 is 12.2 Å². The average molecular weight is 369 g/mol. The maximum absolute atomic E-state index is 12.3. The van der Waals surface area contributed by atoms with Gasteiger partial charge in [-0.2, -0.15) is 10.1 Å². The Morgan fingerprint density at radius 2 is 1.92 bits per heavy atom. The third kappa shape index (κ3) is 3.40. The number of nitrogens with zero attached hydrogens (tertiary/aromatic N) is 3. The molecule has 1 aliphatic heterocycles. The molecular weight excluding hydrogens is 354 g/mol. The van der Waals surface area contributed by atoms with Crippen LogP contribution in [-0.2, 0) is 4.79 Å². The Labute approximate surface area is 155 Å². The van der Waals surface area contributed by atoms with Gasteiger partial charge in [-0.25, -0.2) is 4.79 Å². The molecule has 1 aliphatic rings. The second-order valence-corrected chi connectivity index (χ2v) is 5.77. The smallest absolute Gasteiger partial charge is 0.336 e. The van der Waals surface area contributed by atoms with Crippen LogP contribution in [0, 0.1) is 0 Å². The van der Waals surface area contributed by atoms with Crippen LogP contribution in [0.3, 0.4) is 0 Å². The fraction of sp³-hybridized carbons (Fsp3) is 0.111. The van der Waals surface area contributed by atoms with Crippen LogP contribution in [-0.4, -0.2) is 47.0 Å². The third-order valence-corrected chi connectivity index (χ3v) is 4.22. The molecule has 1 heterocycles. The SMILES string of the molecule is COc1ccc(N2CC(=O)N(N=Cc3ccccc3C(=O)O)C2=S)cc1. The number of hydrogen-bond donors (Lipinski definition) is 1. The van der Waals surface area contributed by atoms with Gasteiger partial charge in [0, 0.05) is 11.3 Å². The molecule has 0 bridgehead atoms. The Morgan fingerprint density at radius 3 is 2.58 bits per heavy atom. The average Bonchev–Trinajstić information content (AvgIpc) is 2.94. The van der Waals surface area contributed by atoms with E-state index in [2.05, 4.69) is 5.10 Å². The molecule has 26 heavy (non-hydrogen) atoms. The molecule has 0 spiro atoms. The zero-order valence-corrected chi connectivity index (χ0v) is 14.6. The van der Waals surface area contributed by atoms with Crippen molar-refractivity contribution in [3.8, 4) is 5.75 Å². The van der Waals surface area contributed by atoms with E-state index in [9.17, 15) is 14.7 Å². The van der Waals surface area contributed by atoms with E-state index in [-0.39, 0.29) is 23.1 Å². The Balaban J connectivity index is 1.82. The monoisotopic (exact) mass is 369 g/mol. The number of ether oxygens (including phenoxy) is 1. The first-order chi connectivity index (χ1) is 12.5. The lowest BCUT2D eigenvalue weighted by Crippen LogP contribution is -2.29. The van der Waals surface area contributed by atoms with Crippen molar-refractivity contribution in [3.63, 3.8) is 0 Å². The molecule has 7 nitrogen and oxygen atoms in total. The number of methoxy groups -OCH3 is 1. The predicted octanol–water partition coefficient (Wildman–Crippen LogP) is 2.36. The van der Waals surface area contributed by atoms with E-state index in [0.29, 0.717) is 11.3 Å². The first kappa shape index (κ1) is 17.6. The molecule has 0 saturated carbocycles. The molecule has 2 aromatic carbocycles. The Bertz CT molecular complexity index is 896. The molecule has 0 aliphatic carbocycles. The third-order valence-electron chi connectivity index (χ3n) is 3.83. The van der Waals surface area contributed by atoms with E-state index < -0.39 is 5.97 Å². The maximum atomic E-state index is 12.3. The first-order valence-electron chi connectivity index (χ1n) is 7.66. The minimum Gasteiger partial charge on any atom is -0.497 e. The molecule has 0 radical (unpaired) electrons. The lowest BCUT2D eigenvalue weighted by atomic mass is 10.1. The molecule has 0 aromatic heterocycles. The molecule has 1 amide bonds. The second kappa shape index (κ2) is 7.32. The normalized spacial score (nSPS) is 14.3. The topological polar surface area (TPSA) is 82.4 Å². The van der Waals surface area contributed by atoms with Crippen molar-refractivity contribution in [2.75, 3.05) is 18.6 Å². The minimum atomic E-state index is -1.07. The number of carbonyl (C=O) groups is 2. The summed E-state index contributed by atoms with van der Waals surface area (Å²) in [7, 11) is 1.57. The number of rotatable bonds is 5. The zero-order valence-electron chi connectivity index (χ0n) is 13.8. The molecule has 1 fully saturated rings. The molecule has 2 aromatic rings. The van der Waals surface area contributed by atoms with E-state index >= 15 is 0 Å². The van der Waals surface area contributed by atoms with Gasteiger partial charge in [-0.05, 0) is 42.5 Å². The van der Waals surface area contributed by atoms with Crippen LogP contribution in [0.2, 0.25) is 0 Å². The predicted molar refractivity (Wildman–Crippen MR) is 101 cm³/mol. The van der Waals surface area contributed by atoms with Gasteiger partial charge < -0.3 is 14.7 Å². The van der Waals surface area contributed by atoms with Crippen molar-refractivity contribution in [1.82, 2.24) is 5.01 Å². The number of thiocarbonyl (C=S) groups is 1. The zero-order chi connectivity index (χ0) is 18.7. The fourth-order valence-electron chi connectivity index (χ4n) is 2.49. The Morgan fingerprint density at radius 1 is 1.23 bits per heavy atom. The summed E-state index contributed by atoms with van der Waals surface area (Å²) in [5.41, 5.74) is 1.23. The van der Waals surface area contributed by atoms with Gasteiger partial charge >= 0.3 is 5.97 Å². The summed E-state index contributed by atoms with van der Waals surface area (Å²) in [5, 5.41) is 14.6. The molecular formula is C18H15N3O4S. The van der Waals surface area contributed by atoms with Gasteiger partial charge in [0.1, 0.15) is 12.3 Å². The molecule has 1 saturated heterocycles. The number of aromatic carboxylic acids is 1. The number of hydrazone groups is 1. The van der Waals surface area contributed by atoms with E-state index in [4.69, 9.17) is 17.0 Å². The standard InChI is InChI=1S/C18H15N3O4S/c1-25-14-8-6-13(7-9-14)20-11-16(22)21(18(20)26)19-10-12-4-2-3-5-15(12)17(23)24/h2-10H,11H2,1H3,(H,23,24). The van der Waals surface area contributed by atoms with Crippen molar-refractivity contribution in [1.29, 1.82) is 0 Å². The van der Waals surface area contributed by atoms with E-state index in [1.165, 1.54) is 12.3 Å². The fourth-order valence-corrected chi connectivity index (χ4v) is 2.81. The van der Waals surface area contributed by atoms with Crippen molar-refractivity contribution in [3.05, 3.63) is 59.7 Å². The molecule has 0 atom stereocenters. The van der Waals surface area contributed by atoms with E-state index in [1.54, 1.807) is 54.5 Å². The van der Waals surface area contributed by atoms with Gasteiger partial charge in [0.25, 0.3) is 5.91 Å². The summed E-state index contributed by atoms with van der Waals surface area (Å²) in [4.78, 5) is 25.2. The summed E-state index contributed by atoms with van der Waals surface area (Å²) in [5.74, 6) is -0.664. The van der Waals surface area contributed by atoms with Gasteiger partial charge in [0.15, 0.2) is 0 Å². The van der Waals surface area contributed by atoms with Crippen molar-refractivity contribution in [2.45, 2.75) is 0 Å². The summed E-state index contributed by atoms with van der Waals surface area (Å²) in [6, 6.07) is 13.5. The summed E-state index contributed by atoms with van der Waals surface area (Å²) < 4.78 is 5.12. The van der Waals surface area contributed by atoms with Crippen molar-refractivity contribution < 1.29 is 19.4 Å². The van der Waals surface area contributed by atoms with Crippen LogP contribution in [0.1, 0.15) is 15.9 Å². The highest BCUT2D eigenvalue weighted by Crippen LogP contribution is 2.24. The largest absolute Gasteiger partial charge is 0.497 e. The second-order valence-electron chi connectivity index (χ2n) is 5.41. The van der Waals surface area contributed by atoms with Gasteiger partial charge in [0.2, 0.25) is 5.11 Å². The summed E-state index contributed by atoms with van der Waals surface area (Å²) in [6.07, 6.45) is 1.32. The first-order valence-corrected chi connectivity index (χ1v) is 8.07. The molecule has 1 N–H and O–H groups in total. The van der Waals surface area contributed by atoms with Crippen molar-refractivity contribution >= 4 is 41.1 Å². The molecule has 132 valence electrons. The number of carbonyl (C=O) groups excluding carboxylic acids is 1. The number of amides is 1. The van der Waals surface area contributed by atoms with Crippen LogP contribution in [0.5, 0.6) is 5.75 Å². The lowest BCUT2D eigenvalue weighted by Gasteiger charge is -2.17. The van der Waals surface area contributed by atoms with Crippen LogP contribution in [0.25, 0.3) is 0 Å². The Kier molecular flexibility index (Phi) is 4.94. The minimum absolute atomic E-state index is 0.0586. The molecule has 3 rings (SSSR count).